The summed E-state index contributed by atoms with van der Waals surface area (Å²) in [7, 11) is 0. The van der Waals surface area contributed by atoms with E-state index >= 15 is 0 Å². The van der Waals surface area contributed by atoms with Crippen molar-refractivity contribution in [2.75, 3.05) is 6.61 Å². The fraction of sp³-hybridized carbons (Fsp3) is 0.474. The van der Waals surface area contributed by atoms with E-state index in [1.54, 1.807) is 30.0 Å². The van der Waals surface area contributed by atoms with Crippen LogP contribution in [0.5, 0.6) is 5.75 Å². The van der Waals surface area contributed by atoms with Gasteiger partial charge < -0.3 is 9.84 Å². The molecule has 0 aliphatic carbocycles. The molecule has 0 radical (unpaired) electrons. The quantitative estimate of drug-likeness (QED) is 0.837. The molecular weight excluding hydrogens is 350 g/mol. The monoisotopic (exact) mass is 373 g/mol. The van der Waals surface area contributed by atoms with Crippen LogP contribution in [-0.4, -0.2) is 32.1 Å². The summed E-state index contributed by atoms with van der Waals surface area (Å²) in [5, 5.41) is 13.6. The van der Waals surface area contributed by atoms with E-state index in [0.717, 1.165) is 23.4 Å². The van der Waals surface area contributed by atoms with E-state index in [4.69, 9.17) is 9.73 Å². The number of thioether (sulfide) groups is 1. The second-order valence-electron chi connectivity index (χ2n) is 7.53. The van der Waals surface area contributed by atoms with Gasteiger partial charge >= 0.3 is 0 Å². The third kappa shape index (κ3) is 3.10. The van der Waals surface area contributed by atoms with Crippen molar-refractivity contribution in [2.24, 2.45) is 4.99 Å². The van der Waals surface area contributed by atoms with Gasteiger partial charge in [0, 0.05) is 6.61 Å². The number of ether oxygens (including phenoxy) is 1. The van der Waals surface area contributed by atoms with Gasteiger partial charge in [0.2, 0.25) is 0 Å². The highest BCUT2D eigenvalue weighted by Crippen LogP contribution is 2.45. The van der Waals surface area contributed by atoms with E-state index in [1.165, 1.54) is 0 Å². The van der Waals surface area contributed by atoms with Gasteiger partial charge in [0.1, 0.15) is 5.75 Å². The molecule has 2 atom stereocenters. The topological polar surface area (TPSA) is 79.6 Å². The minimum Gasteiger partial charge on any atom is -0.508 e. The zero-order valence-electron chi connectivity index (χ0n) is 15.2. The number of phenols is 1. The number of benzene rings is 1. The van der Waals surface area contributed by atoms with Crippen molar-refractivity contribution in [2.45, 2.75) is 50.5 Å². The number of phenolic OH excluding ortho intramolecular Hbond substituents is 1. The number of aromatic nitrogens is 2. The molecule has 0 saturated carbocycles. The first-order valence-corrected chi connectivity index (χ1v) is 9.71. The maximum absolute atomic E-state index is 12.8. The number of hydrogen-bond acceptors (Lipinski definition) is 5. The molecule has 7 heteroatoms. The Kier molecular flexibility index (Phi) is 4.23. The Balaban J connectivity index is 1.80. The van der Waals surface area contributed by atoms with Crippen molar-refractivity contribution in [3.8, 4) is 5.75 Å². The summed E-state index contributed by atoms with van der Waals surface area (Å²) >= 11 is 1.55. The van der Waals surface area contributed by atoms with E-state index in [0.29, 0.717) is 18.0 Å². The molecule has 3 heterocycles. The Labute approximate surface area is 156 Å². The summed E-state index contributed by atoms with van der Waals surface area (Å²) in [6.45, 7) is 6.78. The Morgan fingerprint density at radius 2 is 2.23 bits per heavy atom. The van der Waals surface area contributed by atoms with Crippen LogP contribution in [0.1, 0.15) is 56.0 Å². The predicted octanol–water partition coefficient (Wildman–Crippen LogP) is 3.90. The van der Waals surface area contributed by atoms with Crippen LogP contribution < -0.4 is 5.56 Å². The molecule has 2 aliphatic heterocycles. The summed E-state index contributed by atoms with van der Waals surface area (Å²) in [5.41, 5.74) is 1.24. The summed E-state index contributed by atoms with van der Waals surface area (Å²) in [5.74, 6) is 0.911. The number of nitrogens with zero attached hydrogens (tertiary/aromatic N) is 2. The molecule has 2 unspecified atom stereocenters. The van der Waals surface area contributed by atoms with Gasteiger partial charge in [-0.3, -0.25) is 14.6 Å². The molecule has 6 nitrogen and oxygen atoms in total. The van der Waals surface area contributed by atoms with Crippen LogP contribution in [-0.2, 0) is 4.74 Å². The lowest BCUT2D eigenvalue weighted by Crippen LogP contribution is -2.35. The third-order valence-electron chi connectivity index (χ3n) is 4.96. The second kappa shape index (κ2) is 6.32. The summed E-state index contributed by atoms with van der Waals surface area (Å²) in [4.78, 5) is 17.5. The number of H-pyrrole nitrogens is 1. The van der Waals surface area contributed by atoms with Gasteiger partial charge in [0.25, 0.3) is 5.56 Å². The van der Waals surface area contributed by atoms with Gasteiger partial charge in [0.05, 0.1) is 27.5 Å². The first-order chi connectivity index (χ1) is 12.3. The molecule has 4 rings (SSSR count). The number of fused-ring (bicyclic) bond motifs is 1. The van der Waals surface area contributed by atoms with Crippen LogP contribution in [0, 0.1) is 0 Å². The van der Waals surface area contributed by atoms with Crippen molar-refractivity contribution in [3.05, 3.63) is 45.7 Å². The van der Waals surface area contributed by atoms with Crippen LogP contribution in [0.4, 0.5) is 5.82 Å². The summed E-state index contributed by atoms with van der Waals surface area (Å²) in [6.07, 6.45) is 1.67. The van der Waals surface area contributed by atoms with E-state index < -0.39 is 0 Å². The summed E-state index contributed by atoms with van der Waals surface area (Å²) < 4.78 is 7.75. The van der Waals surface area contributed by atoms with E-state index in [-0.39, 0.29) is 28.2 Å². The van der Waals surface area contributed by atoms with Crippen LogP contribution in [0.2, 0.25) is 0 Å². The Morgan fingerprint density at radius 3 is 2.96 bits per heavy atom. The van der Waals surface area contributed by atoms with Gasteiger partial charge in [0.15, 0.2) is 5.82 Å². The molecule has 2 aliphatic rings. The molecule has 0 bridgehead atoms. The molecule has 2 aromatic rings. The van der Waals surface area contributed by atoms with Gasteiger partial charge in [-0.1, -0.05) is 23.9 Å². The van der Waals surface area contributed by atoms with Gasteiger partial charge in [-0.2, -0.15) is 0 Å². The van der Waals surface area contributed by atoms with Crippen molar-refractivity contribution in [1.82, 2.24) is 9.78 Å². The summed E-state index contributed by atoms with van der Waals surface area (Å²) in [6, 6.07) is 7.25. The molecule has 1 saturated heterocycles. The zero-order chi connectivity index (χ0) is 18.5. The Hall–Kier alpha value is -1.99. The first-order valence-electron chi connectivity index (χ1n) is 8.83. The fourth-order valence-corrected chi connectivity index (χ4v) is 4.91. The lowest BCUT2D eigenvalue weighted by molar-refractivity contribution is -0.0705. The van der Waals surface area contributed by atoms with E-state index in [1.807, 2.05) is 17.7 Å². The number of nitrogens with one attached hydrogen (secondary N) is 1. The van der Waals surface area contributed by atoms with E-state index in [9.17, 15) is 9.90 Å². The lowest BCUT2D eigenvalue weighted by atomic mass is 9.94. The average molecular weight is 373 g/mol. The molecule has 1 fully saturated rings. The predicted molar refractivity (Wildman–Crippen MR) is 104 cm³/mol. The number of aromatic hydroxyl groups is 1. The van der Waals surface area contributed by atoms with Crippen LogP contribution in [0.3, 0.4) is 0 Å². The standard InChI is InChI=1S/C19H23N3O3S/c1-11-20-17-15(16(26-11)12-5-4-6-14(23)9-12)18(24)21-22(17)13-7-8-25-19(2,3)10-13/h4-6,9,13,16,23H,7-8,10H2,1-3H3,(H,21,24). The van der Waals surface area contributed by atoms with Crippen molar-refractivity contribution >= 4 is 22.6 Å². The SMILES string of the molecule is CC1=Nc2c(c(=O)[nH]n2C2CCOC(C)(C)C2)C(c2cccc(O)c2)S1. The average Bonchev–Trinajstić information content (AvgIpc) is 2.90. The molecule has 1 aromatic carbocycles. The van der Waals surface area contributed by atoms with Crippen molar-refractivity contribution < 1.29 is 9.84 Å². The number of aromatic amines is 1. The maximum Gasteiger partial charge on any atom is 0.271 e. The molecule has 138 valence electrons. The highest BCUT2D eigenvalue weighted by atomic mass is 32.2. The first kappa shape index (κ1) is 17.4. The van der Waals surface area contributed by atoms with Crippen LogP contribution in [0.25, 0.3) is 0 Å². The highest BCUT2D eigenvalue weighted by molar-refractivity contribution is 8.14. The Morgan fingerprint density at radius 1 is 1.42 bits per heavy atom. The second-order valence-corrected chi connectivity index (χ2v) is 8.82. The minimum atomic E-state index is -0.218. The zero-order valence-corrected chi connectivity index (χ0v) is 16.0. The highest BCUT2D eigenvalue weighted by Gasteiger charge is 2.35. The van der Waals surface area contributed by atoms with Crippen LogP contribution >= 0.6 is 11.8 Å². The molecule has 26 heavy (non-hydrogen) atoms. The molecular formula is C19H23N3O3S. The van der Waals surface area contributed by atoms with Crippen molar-refractivity contribution in [3.63, 3.8) is 0 Å². The third-order valence-corrected chi connectivity index (χ3v) is 6.13. The molecule has 0 amide bonds. The number of aliphatic imine (C=N–C) groups is 1. The number of hydrogen-bond donors (Lipinski definition) is 2. The van der Waals surface area contributed by atoms with Crippen LogP contribution in [0.15, 0.2) is 34.1 Å². The molecule has 1 aromatic heterocycles. The lowest BCUT2D eigenvalue weighted by Gasteiger charge is -2.36. The fourth-order valence-electron chi connectivity index (χ4n) is 3.82. The van der Waals surface area contributed by atoms with E-state index in [2.05, 4.69) is 18.9 Å². The van der Waals surface area contributed by atoms with Gasteiger partial charge in [-0.15, -0.1) is 0 Å². The van der Waals surface area contributed by atoms with Crippen molar-refractivity contribution in [1.29, 1.82) is 0 Å². The molecule has 0 spiro atoms. The molecule has 2 N–H and O–H groups in total. The maximum atomic E-state index is 12.8. The smallest absolute Gasteiger partial charge is 0.271 e. The Bertz CT molecular complexity index is 928. The normalized spacial score (nSPS) is 24.8. The minimum absolute atomic E-state index is 0.110. The van der Waals surface area contributed by atoms with Gasteiger partial charge in [-0.05, 0) is 51.3 Å². The largest absolute Gasteiger partial charge is 0.508 e. The number of rotatable bonds is 2. The van der Waals surface area contributed by atoms with Gasteiger partial charge in [-0.25, -0.2) is 4.99 Å².